The smallest absolute Gasteiger partial charge is 0.335 e. The molecule has 3 heteroatoms. The van der Waals surface area contributed by atoms with Gasteiger partial charge >= 0.3 is 5.97 Å². The fourth-order valence-corrected chi connectivity index (χ4v) is 1.73. The molecule has 0 radical (unpaired) electrons. The van der Waals surface area contributed by atoms with E-state index in [1.807, 2.05) is 26.8 Å². The highest BCUT2D eigenvalue weighted by atomic mass is 16.4. The summed E-state index contributed by atoms with van der Waals surface area (Å²) in [5.41, 5.74) is 3.10. The summed E-state index contributed by atoms with van der Waals surface area (Å²) in [5, 5.41) is 9.12. The van der Waals surface area contributed by atoms with Crippen LogP contribution in [0.2, 0.25) is 0 Å². The molecule has 0 saturated heterocycles. The first-order valence-electron chi connectivity index (χ1n) is 5.80. The van der Waals surface area contributed by atoms with Crippen molar-refractivity contribution < 1.29 is 14.7 Å². The largest absolute Gasteiger partial charge is 0.478 e. The van der Waals surface area contributed by atoms with Gasteiger partial charge in [-0.25, -0.2) is 4.79 Å². The molecule has 0 aliphatic carbocycles. The van der Waals surface area contributed by atoms with Crippen molar-refractivity contribution in [1.82, 2.24) is 0 Å². The van der Waals surface area contributed by atoms with Crippen LogP contribution in [0.5, 0.6) is 0 Å². The van der Waals surface area contributed by atoms with E-state index in [2.05, 4.69) is 0 Å². The Morgan fingerprint density at radius 1 is 1.18 bits per heavy atom. The molecule has 1 N–H and O–H groups in total. The molecule has 0 unspecified atom stereocenters. The van der Waals surface area contributed by atoms with Crippen LogP contribution < -0.4 is 0 Å². The van der Waals surface area contributed by atoms with Gasteiger partial charge in [-0.1, -0.05) is 13.0 Å². The topological polar surface area (TPSA) is 54.4 Å². The first kappa shape index (κ1) is 13.4. The van der Waals surface area contributed by atoms with Crippen molar-refractivity contribution in [2.45, 2.75) is 40.0 Å². The minimum atomic E-state index is -0.924. The summed E-state index contributed by atoms with van der Waals surface area (Å²) in [7, 11) is 0. The molecular formula is C14H18O3. The number of carboxylic acid groups (broad SMARTS) is 1. The third kappa shape index (κ3) is 3.41. The van der Waals surface area contributed by atoms with Crippen LogP contribution in [0.4, 0.5) is 0 Å². The molecule has 0 atom stereocenters. The average Bonchev–Trinajstić information content (AvgIpc) is 2.29. The first-order valence-corrected chi connectivity index (χ1v) is 5.80. The molecule has 17 heavy (non-hydrogen) atoms. The Morgan fingerprint density at radius 3 is 2.29 bits per heavy atom. The first-order chi connectivity index (χ1) is 7.95. The summed E-state index contributed by atoms with van der Waals surface area (Å²) < 4.78 is 0. The number of benzene rings is 1. The normalized spacial score (nSPS) is 10.3. The Bertz CT molecular complexity index is 447. The lowest BCUT2D eigenvalue weighted by Crippen LogP contribution is -2.06. The van der Waals surface area contributed by atoms with Crippen LogP contribution in [-0.4, -0.2) is 16.9 Å². The number of hydrogen-bond acceptors (Lipinski definition) is 2. The number of carboxylic acids is 1. The predicted octanol–water partition coefficient (Wildman–Crippen LogP) is 2.91. The number of rotatable bonds is 5. The molecule has 0 aliphatic rings. The van der Waals surface area contributed by atoms with E-state index in [1.54, 1.807) is 6.07 Å². The van der Waals surface area contributed by atoms with Crippen LogP contribution in [0, 0.1) is 13.8 Å². The van der Waals surface area contributed by atoms with Crippen molar-refractivity contribution >= 4 is 11.8 Å². The molecule has 0 fully saturated rings. The number of carbonyl (C=O) groups excluding carboxylic acids is 1. The summed E-state index contributed by atoms with van der Waals surface area (Å²) in [6.07, 6.45) is 1.43. The maximum atomic E-state index is 11.3. The van der Waals surface area contributed by atoms with E-state index in [-0.39, 0.29) is 5.78 Å². The summed E-state index contributed by atoms with van der Waals surface area (Å²) in [6.45, 7) is 5.66. The summed E-state index contributed by atoms with van der Waals surface area (Å²) in [5.74, 6) is -0.758. The maximum Gasteiger partial charge on any atom is 0.335 e. The second-order valence-electron chi connectivity index (χ2n) is 4.29. The zero-order valence-corrected chi connectivity index (χ0v) is 10.5. The number of aryl methyl sites for hydroxylation is 3. The summed E-state index contributed by atoms with van der Waals surface area (Å²) in [4.78, 5) is 22.4. The van der Waals surface area contributed by atoms with Gasteiger partial charge in [0.1, 0.15) is 5.78 Å². The van der Waals surface area contributed by atoms with Crippen molar-refractivity contribution in [2.24, 2.45) is 0 Å². The van der Waals surface area contributed by atoms with Gasteiger partial charge in [0.05, 0.1) is 5.56 Å². The van der Waals surface area contributed by atoms with Crippen molar-refractivity contribution in [1.29, 1.82) is 0 Å². The molecule has 0 bridgehead atoms. The Kier molecular flexibility index (Phi) is 4.44. The number of aromatic carboxylic acids is 1. The van der Waals surface area contributed by atoms with Gasteiger partial charge in [-0.05, 0) is 43.0 Å². The Labute approximate surface area is 101 Å². The van der Waals surface area contributed by atoms with Gasteiger partial charge in [0, 0.05) is 12.8 Å². The SMILES string of the molecule is CCC(=O)CCc1cc(C)c(C)cc1C(=O)O. The monoisotopic (exact) mass is 234 g/mol. The van der Waals surface area contributed by atoms with Crippen LogP contribution in [0.1, 0.15) is 46.8 Å². The maximum absolute atomic E-state index is 11.3. The molecule has 0 amide bonds. The van der Waals surface area contributed by atoms with E-state index in [9.17, 15) is 9.59 Å². The highest BCUT2D eigenvalue weighted by Crippen LogP contribution is 2.18. The molecule has 3 nitrogen and oxygen atoms in total. The summed E-state index contributed by atoms with van der Waals surface area (Å²) in [6, 6.07) is 3.56. The van der Waals surface area contributed by atoms with Gasteiger partial charge in [0.2, 0.25) is 0 Å². The number of hydrogen-bond donors (Lipinski definition) is 1. The standard InChI is InChI=1S/C14H18O3/c1-4-12(15)6-5-11-7-9(2)10(3)8-13(11)14(16)17/h7-8H,4-6H2,1-3H3,(H,16,17). The van der Waals surface area contributed by atoms with Gasteiger partial charge in [0.25, 0.3) is 0 Å². The van der Waals surface area contributed by atoms with E-state index in [0.717, 1.165) is 16.7 Å². The van der Waals surface area contributed by atoms with E-state index < -0.39 is 5.97 Å². The molecule has 0 aromatic heterocycles. The minimum Gasteiger partial charge on any atom is -0.478 e. The molecule has 0 spiro atoms. The lowest BCUT2D eigenvalue weighted by Gasteiger charge is -2.09. The fraction of sp³-hybridized carbons (Fsp3) is 0.429. The number of carbonyl (C=O) groups is 2. The van der Waals surface area contributed by atoms with Gasteiger partial charge in [-0.2, -0.15) is 0 Å². The van der Waals surface area contributed by atoms with Gasteiger partial charge in [0.15, 0.2) is 0 Å². The van der Waals surface area contributed by atoms with Crippen molar-refractivity contribution in [2.75, 3.05) is 0 Å². The molecule has 92 valence electrons. The van der Waals surface area contributed by atoms with Crippen LogP contribution in [0.25, 0.3) is 0 Å². The molecule has 1 rings (SSSR count). The Morgan fingerprint density at radius 2 is 1.76 bits per heavy atom. The van der Waals surface area contributed by atoms with Gasteiger partial charge < -0.3 is 5.11 Å². The van der Waals surface area contributed by atoms with Crippen LogP contribution in [0.3, 0.4) is 0 Å². The quantitative estimate of drug-likeness (QED) is 0.852. The van der Waals surface area contributed by atoms with Crippen molar-refractivity contribution in [3.05, 3.63) is 34.4 Å². The van der Waals surface area contributed by atoms with Gasteiger partial charge in [-0.3, -0.25) is 4.79 Å². The highest BCUT2D eigenvalue weighted by Gasteiger charge is 2.12. The molecule has 1 aromatic rings. The van der Waals surface area contributed by atoms with Crippen LogP contribution in [0.15, 0.2) is 12.1 Å². The van der Waals surface area contributed by atoms with Crippen molar-refractivity contribution in [3.63, 3.8) is 0 Å². The zero-order chi connectivity index (χ0) is 13.0. The lowest BCUT2D eigenvalue weighted by molar-refractivity contribution is -0.118. The van der Waals surface area contributed by atoms with E-state index in [0.29, 0.717) is 24.8 Å². The average molecular weight is 234 g/mol. The molecular weight excluding hydrogens is 216 g/mol. The van der Waals surface area contributed by atoms with Gasteiger partial charge in [-0.15, -0.1) is 0 Å². The Balaban J connectivity index is 3.00. The zero-order valence-electron chi connectivity index (χ0n) is 10.5. The molecule has 0 saturated carbocycles. The lowest BCUT2D eigenvalue weighted by atomic mass is 9.96. The molecule has 0 aliphatic heterocycles. The van der Waals surface area contributed by atoms with E-state index in [1.165, 1.54) is 0 Å². The number of ketones is 1. The predicted molar refractivity (Wildman–Crippen MR) is 66.5 cm³/mol. The Hall–Kier alpha value is -1.64. The van der Waals surface area contributed by atoms with Crippen LogP contribution >= 0.6 is 0 Å². The number of Topliss-reactive ketones (excluding diaryl/α,β-unsaturated/α-hetero) is 1. The fourth-order valence-electron chi connectivity index (χ4n) is 1.73. The minimum absolute atomic E-state index is 0.166. The third-order valence-corrected chi connectivity index (χ3v) is 3.02. The second kappa shape index (κ2) is 5.62. The third-order valence-electron chi connectivity index (χ3n) is 3.02. The summed E-state index contributed by atoms with van der Waals surface area (Å²) >= 11 is 0. The van der Waals surface area contributed by atoms with Crippen molar-refractivity contribution in [3.8, 4) is 0 Å². The van der Waals surface area contributed by atoms with Crippen LogP contribution in [-0.2, 0) is 11.2 Å². The molecule has 0 heterocycles. The second-order valence-corrected chi connectivity index (χ2v) is 4.29. The van der Waals surface area contributed by atoms with E-state index >= 15 is 0 Å². The van der Waals surface area contributed by atoms with E-state index in [4.69, 9.17) is 5.11 Å². The molecule has 1 aromatic carbocycles. The highest BCUT2D eigenvalue weighted by molar-refractivity contribution is 5.90.